The number of likely N-dealkylation sites (N-methyl/N-ethyl adjacent to an activating group) is 1. The first-order chi connectivity index (χ1) is 16.9. The third-order valence-electron chi connectivity index (χ3n) is 6.58. The van der Waals surface area contributed by atoms with Crippen molar-refractivity contribution in [3.05, 3.63) is 88.2 Å². The van der Waals surface area contributed by atoms with Crippen LogP contribution in [0.25, 0.3) is 0 Å². The van der Waals surface area contributed by atoms with E-state index in [2.05, 4.69) is 4.90 Å². The summed E-state index contributed by atoms with van der Waals surface area (Å²) >= 11 is 0. The lowest BCUT2D eigenvalue weighted by Crippen LogP contribution is -2.20. The van der Waals surface area contributed by atoms with Crippen LogP contribution in [-0.2, 0) is 35.3 Å². The molecule has 192 valence electrons. The molecule has 1 heterocycles. The van der Waals surface area contributed by atoms with Crippen LogP contribution in [-0.4, -0.2) is 47.6 Å². The van der Waals surface area contributed by atoms with Crippen molar-refractivity contribution >= 4 is 15.5 Å². The van der Waals surface area contributed by atoms with Gasteiger partial charge in [0.2, 0.25) is 9.84 Å². The van der Waals surface area contributed by atoms with Crippen LogP contribution >= 0.6 is 0 Å². The van der Waals surface area contributed by atoms with E-state index in [1.165, 1.54) is 24.3 Å². The Balaban J connectivity index is 1.69. The van der Waals surface area contributed by atoms with Gasteiger partial charge in [-0.2, -0.15) is 13.2 Å². The van der Waals surface area contributed by atoms with E-state index in [0.29, 0.717) is 11.3 Å². The van der Waals surface area contributed by atoms with Crippen molar-refractivity contribution in [2.45, 2.75) is 35.2 Å². The lowest BCUT2D eigenvalue weighted by Gasteiger charge is -2.21. The third kappa shape index (κ3) is 5.42. The SMILES string of the molecule is CN1CCc2cc(N(C)C)c(S(=O)(=O)c3ccc(Cc4cc(F)ccc4C(F)(F)F)cc3)cc2CC1. The molecule has 0 spiro atoms. The summed E-state index contributed by atoms with van der Waals surface area (Å²) in [4.78, 5) is 4.24. The van der Waals surface area contributed by atoms with Crippen LogP contribution in [0, 0.1) is 5.82 Å². The number of anilines is 1. The van der Waals surface area contributed by atoms with E-state index in [0.717, 1.165) is 55.3 Å². The molecule has 1 aliphatic heterocycles. The summed E-state index contributed by atoms with van der Waals surface area (Å²) in [5.41, 5.74) is 2.06. The Morgan fingerprint density at radius 2 is 1.53 bits per heavy atom. The molecular weight excluding hydrogens is 492 g/mol. The molecule has 0 unspecified atom stereocenters. The minimum atomic E-state index is -4.62. The number of halogens is 4. The van der Waals surface area contributed by atoms with Gasteiger partial charge in [0, 0.05) is 27.2 Å². The highest BCUT2D eigenvalue weighted by Gasteiger charge is 2.33. The summed E-state index contributed by atoms with van der Waals surface area (Å²) in [5, 5.41) is 0. The number of rotatable bonds is 5. The van der Waals surface area contributed by atoms with E-state index < -0.39 is 27.4 Å². The standard InChI is InChI=1S/C27H28F4N2O2S/c1-32(2)25-16-19-10-12-33(3)13-11-20(19)17-26(25)36(34,35)23-7-4-18(5-8-23)14-21-15-22(28)6-9-24(21)27(29,30)31/h4-9,15-17H,10-14H2,1-3H3. The molecule has 0 aromatic heterocycles. The molecule has 0 amide bonds. The highest BCUT2D eigenvalue weighted by Crippen LogP contribution is 2.35. The van der Waals surface area contributed by atoms with Gasteiger partial charge in [-0.1, -0.05) is 12.1 Å². The zero-order chi connectivity index (χ0) is 26.3. The third-order valence-corrected chi connectivity index (χ3v) is 8.38. The molecule has 3 aromatic carbocycles. The first-order valence-electron chi connectivity index (χ1n) is 11.6. The fraction of sp³-hybridized carbons (Fsp3) is 0.333. The lowest BCUT2D eigenvalue weighted by atomic mass is 9.99. The Labute approximate surface area is 209 Å². The van der Waals surface area contributed by atoms with E-state index in [1.807, 2.05) is 13.1 Å². The lowest BCUT2D eigenvalue weighted by molar-refractivity contribution is -0.138. The number of alkyl halides is 3. The van der Waals surface area contributed by atoms with Crippen LogP contribution < -0.4 is 4.90 Å². The number of hydrogen-bond acceptors (Lipinski definition) is 4. The normalized spacial score (nSPS) is 14.9. The van der Waals surface area contributed by atoms with Crippen molar-refractivity contribution in [3.63, 3.8) is 0 Å². The molecule has 0 fully saturated rings. The van der Waals surface area contributed by atoms with Crippen molar-refractivity contribution < 1.29 is 26.0 Å². The van der Waals surface area contributed by atoms with Gasteiger partial charge in [-0.25, -0.2) is 12.8 Å². The Morgan fingerprint density at radius 3 is 2.11 bits per heavy atom. The van der Waals surface area contributed by atoms with E-state index in [4.69, 9.17) is 0 Å². The topological polar surface area (TPSA) is 40.6 Å². The van der Waals surface area contributed by atoms with Crippen LogP contribution in [0.15, 0.2) is 64.4 Å². The highest BCUT2D eigenvalue weighted by molar-refractivity contribution is 7.91. The monoisotopic (exact) mass is 520 g/mol. The van der Waals surface area contributed by atoms with Crippen molar-refractivity contribution in [3.8, 4) is 0 Å². The second kappa shape index (κ2) is 9.86. The molecule has 0 N–H and O–H groups in total. The zero-order valence-corrected chi connectivity index (χ0v) is 21.2. The fourth-order valence-corrected chi connectivity index (χ4v) is 6.10. The summed E-state index contributed by atoms with van der Waals surface area (Å²) in [7, 11) is 1.74. The van der Waals surface area contributed by atoms with E-state index in [-0.39, 0.29) is 21.8 Å². The Morgan fingerprint density at radius 1 is 0.917 bits per heavy atom. The van der Waals surface area contributed by atoms with Crippen LogP contribution in [0.2, 0.25) is 0 Å². The molecule has 0 saturated heterocycles. The molecule has 0 bridgehead atoms. The minimum absolute atomic E-state index is 0.0512. The molecule has 36 heavy (non-hydrogen) atoms. The predicted molar refractivity (Wildman–Crippen MR) is 132 cm³/mol. The Bertz CT molecular complexity index is 1370. The van der Waals surface area contributed by atoms with Crippen LogP contribution in [0.3, 0.4) is 0 Å². The Kier molecular flexibility index (Phi) is 7.16. The zero-order valence-electron chi connectivity index (χ0n) is 20.4. The molecule has 0 radical (unpaired) electrons. The second-order valence-electron chi connectivity index (χ2n) is 9.41. The van der Waals surface area contributed by atoms with Gasteiger partial charge >= 0.3 is 6.18 Å². The van der Waals surface area contributed by atoms with Crippen LogP contribution in [0.4, 0.5) is 23.2 Å². The molecule has 0 aliphatic carbocycles. The van der Waals surface area contributed by atoms with Gasteiger partial charge in [0.1, 0.15) is 5.82 Å². The summed E-state index contributed by atoms with van der Waals surface area (Å²) in [6, 6.07) is 11.8. The second-order valence-corrected chi connectivity index (χ2v) is 11.3. The van der Waals surface area contributed by atoms with Gasteiger partial charge in [-0.3, -0.25) is 0 Å². The Hall–Kier alpha value is -2.91. The summed E-state index contributed by atoms with van der Waals surface area (Å²) < 4.78 is 81.0. The number of sulfone groups is 1. The highest BCUT2D eigenvalue weighted by atomic mass is 32.2. The molecule has 9 heteroatoms. The van der Waals surface area contributed by atoms with Crippen molar-refractivity contribution in [2.24, 2.45) is 0 Å². The number of hydrogen-bond donors (Lipinski definition) is 0. The van der Waals surface area contributed by atoms with Gasteiger partial charge in [0.05, 0.1) is 21.0 Å². The van der Waals surface area contributed by atoms with Gasteiger partial charge < -0.3 is 9.80 Å². The smallest absolute Gasteiger partial charge is 0.377 e. The van der Waals surface area contributed by atoms with Crippen molar-refractivity contribution in [2.75, 3.05) is 39.1 Å². The van der Waals surface area contributed by atoms with Crippen LogP contribution in [0.5, 0.6) is 0 Å². The number of nitrogens with zero attached hydrogens (tertiary/aromatic N) is 2. The number of benzene rings is 3. The largest absolute Gasteiger partial charge is 0.416 e. The van der Waals surface area contributed by atoms with E-state index in [9.17, 15) is 26.0 Å². The van der Waals surface area contributed by atoms with Gasteiger partial charge in [0.25, 0.3) is 0 Å². The quantitative estimate of drug-likeness (QED) is 0.425. The average Bonchev–Trinajstić information content (AvgIpc) is 2.99. The maximum absolute atomic E-state index is 13.7. The number of fused-ring (bicyclic) bond motifs is 1. The summed E-state index contributed by atoms with van der Waals surface area (Å²) in [5.74, 6) is -0.761. The summed E-state index contributed by atoms with van der Waals surface area (Å²) in [6.07, 6.45) is -3.21. The van der Waals surface area contributed by atoms with Crippen molar-refractivity contribution in [1.82, 2.24) is 4.90 Å². The molecule has 0 atom stereocenters. The average molecular weight is 521 g/mol. The maximum Gasteiger partial charge on any atom is 0.416 e. The maximum atomic E-state index is 13.7. The first kappa shape index (κ1) is 26.2. The minimum Gasteiger partial charge on any atom is -0.377 e. The molecule has 3 aromatic rings. The fourth-order valence-electron chi connectivity index (χ4n) is 4.54. The molecule has 4 nitrogen and oxygen atoms in total. The molecule has 0 saturated carbocycles. The summed E-state index contributed by atoms with van der Waals surface area (Å²) in [6.45, 7) is 1.73. The molecule has 1 aliphatic rings. The predicted octanol–water partition coefficient (Wildman–Crippen LogP) is 5.36. The van der Waals surface area contributed by atoms with Crippen LogP contribution in [0.1, 0.15) is 27.8 Å². The molecular formula is C27H28F4N2O2S. The van der Waals surface area contributed by atoms with E-state index in [1.54, 1.807) is 25.1 Å². The van der Waals surface area contributed by atoms with E-state index >= 15 is 0 Å². The van der Waals surface area contributed by atoms with Gasteiger partial charge in [0.15, 0.2) is 0 Å². The van der Waals surface area contributed by atoms with Gasteiger partial charge in [-0.15, -0.1) is 0 Å². The van der Waals surface area contributed by atoms with Gasteiger partial charge in [-0.05, 0) is 91.0 Å². The molecule has 4 rings (SSSR count). The van der Waals surface area contributed by atoms with Crippen molar-refractivity contribution in [1.29, 1.82) is 0 Å². The first-order valence-corrected chi connectivity index (χ1v) is 13.1.